The summed E-state index contributed by atoms with van der Waals surface area (Å²) in [5.41, 5.74) is 12.5. The molecular weight excluding hydrogens is 458 g/mol. The van der Waals surface area contributed by atoms with Gasteiger partial charge in [0.1, 0.15) is 29.7 Å². The summed E-state index contributed by atoms with van der Waals surface area (Å²) >= 11 is 6.57. The van der Waals surface area contributed by atoms with E-state index in [0.717, 1.165) is 38.9 Å². The van der Waals surface area contributed by atoms with Crippen molar-refractivity contribution in [3.05, 3.63) is 112 Å². The molecule has 6 nitrogen and oxygen atoms in total. The van der Waals surface area contributed by atoms with Crippen LogP contribution in [0.25, 0.3) is 22.0 Å². The second kappa shape index (κ2) is 7.95. The third-order valence-electron chi connectivity index (χ3n) is 6.64. The summed E-state index contributed by atoms with van der Waals surface area (Å²) in [6, 6.07) is 23.6. The second-order valence-corrected chi connectivity index (χ2v) is 9.13. The first-order chi connectivity index (χ1) is 17.0. The lowest BCUT2D eigenvalue weighted by atomic mass is 9.79. The number of nitrogens with two attached hydrogens (primary N) is 1. The van der Waals surface area contributed by atoms with Gasteiger partial charge in [0.15, 0.2) is 0 Å². The lowest BCUT2D eigenvalue weighted by Gasteiger charge is -2.32. The highest BCUT2D eigenvalue weighted by Crippen LogP contribution is 2.39. The first-order valence-corrected chi connectivity index (χ1v) is 11.5. The summed E-state index contributed by atoms with van der Waals surface area (Å²) in [5, 5.41) is 11.1. The molecule has 35 heavy (non-hydrogen) atoms. The molecule has 6 rings (SSSR count). The maximum Gasteiger partial charge on any atom is 0.141 e. The van der Waals surface area contributed by atoms with Crippen LogP contribution < -0.4 is 10.5 Å². The average Bonchev–Trinajstić information content (AvgIpc) is 3.32. The maximum absolute atomic E-state index is 9.62. The van der Waals surface area contributed by atoms with E-state index in [0.29, 0.717) is 22.0 Å². The molecule has 1 aliphatic rings. The second-order valence-electron chi connectivity index (χ2n) is 8.72. The van der Waals surface area contributed by atoms with Gasteiger partial charge in [-0.2, -0.15) is 5.26 Å². The van der Waals surface area contributed by atoms with E-state index in [1.165, 1.54) is 0 Å². The largest absolute Gasteiger partial charge is 0.489 e. The molecule has 0 saturated heterocycles. The molecule has 0 unspecified atom stereocenters. The standard InChI is InChI=1S/C28H20ClN5O/c1-34-16-32-14-27(34)28(31)19-5-7-25(29)18(9-19)15-35-22-4-2-3-17(10-22)23-12-21(13-30)33-26-8-6-20(28)11-24(23)26/h2-12,14,16H,15,31H2,1H3/t28-/m0/s1. The third kappa shape index (κ3) is 3.36. The van der Waals surface area contributed by atoms with E-state index >= 15 is 0 Å². The third-order valence-corrected chi connectivity index (χ3v) is 7.01. The van der Waals surface area contributed by atoms with Gasteiger partial charge in [-0.25, -0.2) is 9.97 Å². The van der Waals surface area contributed by atoms with Gasteiger partial charge in [0, 0.05) is 23.0 Å². The number of halogens is 1. The van der Waals surface area contributed by atoms with Crippen LogP contribution in [0.1, 0.15) is 28.1 Å². The number of imidazole rings is 1. The highest BCUT2D eigenvalue weighted by Gasteiger charge is 2.35. The van der Waals surface area contributed by atoms with Gasteiger partial charge in [0.05, 0.1) is 23.7 Å². The number of rotatable bonds is 1. The minimum absolute atomic E-state index is 0.282. The molecule has 2 N–H and O–H groups in total. The number of ether oxygens (including phenoxy) is 1. The summed E-state index contributed by atoms with van der Waals surface area (Å²) in [6.45, 7) is 0.282. The van der Waals surface area contributed by atoms with Crippen molar-refractivity contribution in [1.29, 1.82) is 5.26 Å². The Morgan fingerprint density at radius 1 is 1.09 bits per heavy atom. The van der Waals surface area contributed by atoms with Crippen LogP contribution in [0.3, 0.4) is 0 Å². The predicted molar refractivity (Wildman–Crippen MR) is 135 cm³/mol. The van der Waals surface area contributed by atoms with Crippen LogP contribution in [0.15, 0.2) is 79.3 Å². The Hall–Kier alpha value is -4.18. The van der Waals surface area contributed by atoms with E-state index in [-0.39, 0.29) is 6.61 Å². The summed E-state index contributed by atoms with van der Waals surface area (Å²) in [5.74, 6) is 0.702. The van der Waals surface area contributed by atoms with Crippen LogP contribution >= 0.6 is 11.6 Å². The van der Waals surface area contributed by atoms with Crippen molar-refractivity contribution < 1.29 is 4.74 Å². The highest BCUT2D eigenvalue weighted by atomic mass is 35.5. The lowest BCUT2D eigenvalue weighted by molar-refractivity contribution is 0.306. The zero-order valence-electron chi connectivity index (χ0n) is 18.9. The monoisotopic (exact) mass is 477 g/mol. The van der Waals surface area contributed by atoms with Crippen molar-refractivity contribution in [1.82, 2.24) is 14.5 Å². The van der Waals surface area contributed by atoms with Crippen molar-refractivity contribution in [2.24, 2.45) is 12.8 Å². The highest BCUT2D eigenvalue weighted by molar-refractivity contribution is 6.31. The van der Waals surface area contributed by atoms with Gasteiger partial charge in [0.25, 0.3) is 0 Å². The van der Waals surface area contributed by atoms with E-state index in [2.05, 4.69) is 22.1 Å². The number of fused-ring (bicyclic) bond motifs is 6. The molecule has 7 heteroatoms. The molecule has 3 heterocycles. The fourth-order valence-electron chi connectivity index (χ4n) is 4.81. The zero-order valence-corrected chi connectivity index (χ0v) is 19.6. The Bertz CT molecular complexity index is 1670. The van der Waals surface area contributed by atoms with E-state index < -0.39 is 5.54 Å². The minimum atomic E-state index is -1.03. The van der Waals surface area contributed by atoms with Gasteiger partial charge in [-0.15, -0.1) is 0 Å². The van der Waals surface area contributed by atoms with Crippen molar-refractivity contribution in [3.8, 4) is 22.9 Å². The molecule has 1 atom stereocenters. The Morgan fingerprint density at radius 2 is 1.91 bits per heavy atom. The lowest BCUT2D eigenvalue weighted by Crippen LogP contribution is -2.41. The molecule has 1 aliphatic heterocycles. The van der Waals surface area contributed by atoms with Crippen LogP contribution in [0.5, 0.6) is 5.75 Å². The number of pyridine rings is 1. The smallest absolute Gasteiger partial charge is 0.141 e. The molecular formula is C28H20ClN5O. The molecule has 5 aromatic rings. The number of aromatic nitrogens is 3. The number of nitrogens with zero attached hydrogens (tertiary/aromatic N) is 4. The normalized spacial score (nSPS) is 16.6. The summed E-state index contributed by atoms with van der Waals surface area (Å²) < 4.78 is 8.08. The fourth-order valence-corrected chi connectivity index (χ4v) is 4.98. The van der Waals surface area contributed by atoms with Crippen LogP contribution in [0, 0.1) is 11.3 Å². The van der Waals surface area contributed by atoms with Gasteiger partial charge < -0.3 is 15.0 Å². The maximum atomic E-state index is 9.62. The van der Waals surface area contributed by atoms with Crippen molar-refractivity contribution in [2.45, 2.75) is 12.1 Å². The molecule has 3 aromatic carbocycles. The Labute approximate surface area is 207 Å². The summed E-state index contributed by atoms with van der Waals surface area (Å²) in [6.07, 6.45) is 3.53. The number of aryl methyl sites for hydroxylation is 1. The van der Waals surface area contributed by atoms with Gasteiger partial charge in [-0.1, -0.05) is 35.9 Å². The number of hydrogen-bond acceptors (Lipinski definition) is 5. The zero-order chi connectivity index (χ0) is 24.2. The summed E-state index contributed by atoms with van der Waals surface area (Å²) in [4.78, 5) is 8.90. The van der Waals surface area contributed by atoms with E-state index in [1.807, 2.05) is 72.3 Å². The quantitative estimate of drug-likeness (QED) is 0.353. The average molecular weight is 478 g/mol. The van der Waals surface area contributed by atoms with Gasteiger partial charge in [0.2, 0.25) is 0 Å². The van der Waals surface area contributed by atoms with Crippen LogP contribution in [-0.2, 0) is 19.2 Å². The first kappa shape index (κ1) is 21.4. The van der Waals surface area contributed by atoms with Gasteiger partial charge in [-0.05, 0) is 64.7 Å². The van der Waals surface area contributed by atoms with E-state index in [1.54, 1.807) is 12.5 Å². The Balaban J connectivity index is 1.74. The first-order valence-electron chi connectivity index (χ1n) is 11.1. The van der Waals surface area contributed by atoms with E-state index in [4.69, 9.17) is 22.1 Å². The molecule has 0 aliphatic carbocycles. The molecule has 170 valence electrons. The molecule has 0 saturated carbocycles. The van der Waals surface area contributed by atoms with E-state index in [9.17, 15) is 5.26 Å². The molecule has 0 amide bonds. The van der Waals surface area contributed by atoms with Crippen molar-refractivity contribution in [2.75, 3.05) is 0 Å². The SMILES string of the molecule is Cn1cncc1[C@]1(N)c2ccc(Cl)c(c2)COc2cccc(c2)-c2cc(C#N)nc3ccc1cc23. The predicted octanol–water partition coefficient (Wildman–Crippen LogP) is 5.30. The van der Waals surface area contributed by atoms with Gasteiger partial charge in [-0.3, -0.25) is 0 Å². The topological polar surface area (TPSA) is 89.8 Å². The number of hydrogen-bond donors (Lipinski definition) is 1. The fraction of sp³-hybridized carbons (Fsp3) is 0.107. The van der Waals surface area contributed by atoms with Gasteiger partial charge >= 0.3 is 0 Å². The molecule has 6 bridgehead atoms. The van der Waals surface area contributed by atoms with Crippen LogP contribution in [0.4, 0.5) is 0 Å². The minimum Gasteiger partial charge on any atom is -0.489 e. The van der Waals surface area contributed by atoms with Crippen molar-refractivity contribution >= 4 is 22.5 Å². The molecule has 0 fully saturated rings. The molecule has 0 radical (unpaired) electrons. The number of benzene rings is 3. The Kier molecular flexibility index (Phi) is 4.85. The summed E-state index contributed by atoms with van der Waals surface area (Å²) in [7, 11) is 1.93. The van der Waals surface area contributed by atoms with Crippen LogP contribution in [-0.4, -0.2) is 14.5 Å². The van der Waals surface area contributed by atoms with Crippen LogP contribution in [0.2, 0.25) is 5.02 Å². The molecule has 2 aromatic heterocycles. The molecule has 0 spiro atoms. The number of nitriles is 1. The van der Waals surface area contributed by atoms with Crippen molar-refractivity contribution in [3.63, 3.8) is 0 Å². The Morgan fingerprint density at radius 3 is 2.71 bits per heavy atom.